The van der Waals surface area contributed by atoms with Crippen molar-refractivity contribution in [1.82, 2.24) is 0 Å². The van der Waals surface area contributed by atoms with Gasteiger partial charge >= 0.3 is 5.97 Å². The van der Waals surface area contributed by atoms with Crippen molar-refractivity contribution in [2.24, 2.45) is 0 Å². The zero-order chi connectivity index (χ0) is 18.7. The third-order valence-electron chi connectivity index (χ3n) is 4.32. The molecule has 1 amide bonds. The molecule has 4 nitrogen and oxygen atoms in total. The molecule has 1 saturated heterocycles. The molecule has 2 aromatic rings. The van der Waals surface area contributed by atoms with E-state index in [0.29, 0.717) is 21.4 Å². The van der Waals surface area contributed by atoms with Gasteiger partial charge in [-0.2, -0.15) is 0 Å². The lowest BCUT2D eigenvalue weighted by Crippen LogP contribution is -2.14. The summed E-state index contributed by atoms with van der Waals surface area (Å²) in [5, 5.41) is 12.1. The van der Waals surface area contributed by atoms with Gasteiger partial charge in [0.1, 0.15) is 0 Å². The Morgan fingerprint density at radius 3 is 2.31 bits per heavy atom. The number of thioether (sulfide) groups is 2. The van der Waals surface area contributed by atoms with Crippen LogP contribution in [-0.2, 0) is 0 Å². The molecule has 2 aromatic carbocycles. The first kappa shape index (κ1) is 18.9. The normalized spacial score (nSPS) is 14.8. The van der Waals surface area contributed by atoms with Crippen LogP contribution in [0.15, 0.2) is 36.4 Å². The van der Waals surface area contributed by atoms with Gasteiger partial charge in [-0.3, -0.25) is 4.79 Å². The Bertz CT molecular complexity index is 828. The molecule has 0 atom stereocenters. The quantitative estimate of drug-likeness (QED) is 0.762. The number of aromatic carboxylic acids is 1. The first-order valence-electron chi connectivity index (χ1n) is 8.45. The van der Waals surface area contributed by atoms with Gasteiger partial charge in [0.2, 0.25) is 0 Å². The van der Waals surface area contributed by atoms with Gasteiger partial charge in [-0.1, -0.05) is 18.2 Å². The van der Waals surface area contributed by atoms with Gasteiger partial charge in [-0.25, -0.2) is 4.79 Å². The molecular formula is C20H21NO3S2. The number of carbonyl (C=O) groups excluding carboxylic acids is 1. The Morgan fingerprint density at radius 2 is 1.69 bits per heavy atom. The van der Waals surface area contributed by atoms with E-state index < -0.39 is 5.97 Å². The van der Waals surface area contributed by atoms with Crippen LogP contribution in [-0.4, -0.2) is 28.5 Å². The monoisotopic (exact) mass is 387 g/mol. The Morgan fingerprint density at radius 1 is 1.04 bits per heavy atom. The maximum Gasteiger partial charge on any atom is 0.336 e. The first-order chi connectivity index (χ1) is 12.5. The molecular weight excluding hydrogens is 366 g/mol. The van der Waals surface area contributed by atoms with Crippen LogP contribution >= 0.6 is 23.5 Å². The van der Waals surface area contributed by atoms with Gasteiger partial charge in [0.05, 0.1) is 10.1 Å². The molecule has 0 saturated carbocycles. The standard InChI is InChI=1S/C20H21NO3S2/c1-12-10-13(2)17(11-16(12)19(23)24)21-18(22)14-4-6-15(7-5-14)20-25-8-3-9-26-20/h4-7,10-11,20H,3,8-9H2,1-2H3,(H,21,22)(H,23,24). The predicted molar refractivity (Wildman–Crippen MR) is 110 cm³/mol. The van der Waals surface area contributed by atoms with Crippen LogP contribution in [0.5, 0.6) is 0 Å². The van der Waals surface area contributed by atoms with E-state index in [1.54, 1.807) is 13.0 Å². The fraction of sp³-hybridized carbons (Fsp3) is 0.300. The minimum Gasteiger partial charge on any atom is -0.478 e. The number of aryl methyl sites for hydroxylation is 2. The number of hydrogen-bond donors (Lipinski definition) is 2. The molecule has 1 heterocycles. The molecule has 1 aliphatic heterocycles. The van der Waals surface area contributed by atoms with Crippen molar-refractivity contribution >= 4 is 41.1 Å². The third kappa shape index (κ3) is 4.24. The molecule has 1 fully saturated rings. The summed E-state index contributed by atoms with van der Waals surface area (Å²) >= 11 is 3.90. The minimum absolute atomic E-state index is 0.201. The van der Waals surface area contributed by atoms with Crippen molar-refractivity contribution in [2.45, 2.75) is 24.9 Å². The summed E-state index contributed by atoms with van der Waals surface area (Å²) in [6, 6.07) is 11.0. The largest absolute Gasteiger partial charge is 0.478 e. The summed E-state index contributed by atoms with van der Waals surface area (Å²) in [6.45, 7) is 3.61. The van der Waals surface area contributed by atoms with E-state index >= 15 is 0 Å². The lowest BCUT2D eigenvalue weighted by atomic mass is 10.0. The second-order valence-electron chi connectivity index (χ2n) is 6.29. The molecule has 0 spiro atoms. The highest BCUT2D eigenvalue weighted by Crippen LogP contribution is 2.43. The van der Waals surface area contributed by atoms with Crippen molar-refractivity contribution in [3.63, 3.8) is 0 Å². The Labute approximate surface area is 161 Å². The minimum atomic E-state index is -0.996. The lowest BCUT2D eigenvalue weighted by molar-refractivity contribution is 0.0695. The van der Waals surface area contributed by atoms with Crippen LogP contribution in [0.25, 0.3) is 0 Å². The smallest absolute Gasteiger partial charge is 0.336 e. The highest BCUT2D eigenvalue weighted by molar-refractivity contribution is 8.16. The number of rotatable bonds is 4. The van der Waals surface area contributed by atoms with Crippen molar-refractivity contribution in [2.75, 3.05) is 16.8 Å². The average Bonchev–Trinajstić information content (AvgIpc) is 2.64. The number of carboxylic acid groups (broad SMARTS) is 1. The molecule has 6 heteroatoms. The Hall–Kier alpha value is -1.92. The van der Waals surface area contributed by atoms with Gasteiger partial charge in [-0.15, -0.1) is 23.5 Å². The number of amides is 1. The second-order valence-corrected chi connectivity index (χ2v) is 9.01. The Balaban J connectivity index is 1.76. The first-order valence-corrected chi connectivity index (χ1v) is 10.5. The maximum atomic E-state index is 12.6. The topological polar surface area (TPSA) is 66.4 Å². The van der Waals surface area contributed by atoms with Crippen molar-refractivity contribution in [1.29, 1.82) is 0 Å². The van der Waals surface area contributed by atoms with E-state index in [0.717, 1.165) is 5.56 Å². The summed E-state index contributed by atoms with van der Waals surface area (Å²) in [4.78, 5) is 23.9. The number of carbonyl (C=O) groups is 2. The van der Waals surface area contributed by atoms with Crippen LogP contribution in [0.1, 0.15) is 48.4 Å². The zero-order valence-corrected chi connectivity index (χ0v) is 16.4. The molecule has 136 valence electrons. The van der Waals surface area contributed by atoms with Gasteiger partial charge in [0.25, 0.3) is 5.91 Å². The van der Waals surface area contributed by atoms with Gasteiger partial charge in [-0.05, 0) is 66.7 Å². The molecule has 0 aliphatic carbocycles. The van der Waals surface area contributed by atoms with Crippen LogP contribution in [0, 0.1) is 13.8 Å². The van der Waals surface area contributed by atoms with E-state index in [1.807, 2.05) is 54.7 Å². The third-order valence-corrected chi connectivity index (χ3v) is 7.34. The molecule has 26 heavy (non-hydrogen) atoms. The van der Waals surface area contributed by atoms with Crippen molar-refractivity contribution in [3.05, 3.63) is 64.2 Å². The molecule has 0 bridgehead atoms. The molecule has 0 aromatic heterocycles. The van der Waals surface area contributed by atoms with E-state index in [9.17, 15) is 14.7 Å². The van der Waals surface area contributed by atoms with Crippen LogP contribution in [0.3, 0.4) is 0 Å². The van der Waals surface area contributed by atoms with Crippen LogP contribution in [0.2, 0.25) is 0 Å². The highest BCUT2D eigenvalue weighted by atomic mass is 32.2. The number of hydrogen-bond acceptors (Lipinski definition) is 4. The molecule has 1 aliphatic rings. The van der Waals surface area contributed by atoms with Crippen LogP contribution in [0.4, 0.5) is 5.69 Å². The number of nitrogens with one attached hydrogen (secondary N) is 1. The van der Waals surface area contributed by atoms with E-state index in [1.165, 1.54) is 29.6 Å². The average molecular weight is 388 g/mol. The molecule has 3 rings (SSSR count). The van der Waals surface area contributed by atoms with Gasteiger partial charge in [0.15, 0.2) is 0 Å². The second kappa shape index (κ2) is 8.18. The fourth-order valence-corrected chi connectivity index (χ4v) is 5.78. The summed E-state index contributed by atoms with van der Waals surface area (Å²) in [5.41, 5.74) is 4.05. The van der Waals surface area contributed by atoms with E-state index in [2.05, 4.69) is 5.32 Å². The molecule has 2 N–H and O–H groups in total. The maximum absolute atomic E-state index is 12.6. The van der Waals surface area contributed by atoms with E-state index in [-0.39, 0.29) is 11.5 Å². The van der Waals surface area contributed by atoms with Crippen LogP contribution < -0.4 is 5.32 Å². The summed E-state index contributed by atoms with van der Waals surface area (Å²) in [6.07, 6.45) is 1.25. The summed E-state index contributed by atoms with van der Waals surface area (Å²) < 4.78 is 0.443. The van der Waals surface area contributed by atoms with Gasteiger partial charge < -0.3 is 10.4 Å². The lowest BCUT2D eigenvalue weighted by Gasteiger charge is -2.21. The van der Waals surface area contributed by atoms with Crippen molar-refractivity contribution in [3.8, 4) is 0 Å². The molecule has 0 unspecified atom stereocenters. The number of carboxylic acids is 1. The molecule has 0 radical (unpaired) electrons. The predicted octanol–water partition coefficient (Wildman–Crippen LogP) is 5.12. The zero-order valence-electron chi connectivity index (χ0n) is 14.7. The van der Waals surface area contributed by atoms with Crippen molar-refractivity contribution < 1.29 is 14.7 Å². The van der Waals surface area contributed by atoms with Gasteiger partial charge in [0, 0.05) is 11.3 Å². The summed E-state index contributed by atoms with van der Waals surface area (Å²) in [7, 11) is 0. The SMILES string of the molecule is Cc1cc(C)c(C(=O)O)cc1NC(=O)c1ccc(C2SCCCS2)cc1. The number of anilines is 1. The Kier molecular flexibility index (Phi) is 5.94. The van der Waals surface area contributed by atoms with E-state index in [4.69, 9.17) is 0 Å². The fourth-order valence-electron chi connectivity index (χ4n) is 2.88. The number of benzene rings is 2. The summed E-state index contributed by atoms with van der Waals surface area (Å²) in [5.74, 6) is 1.13. The highest BCUT2D eigenvalue weighted by Gasteiger charge is 2.17.